The Morgan fingerprint density at radius 2 is 1.43 bits per heavy atom. The molecule has 8 nitrogen and oxygen atoms in total. The second kappa shape index (κ2) is 10.2. The molecule has 35 heavy (non-hydrogen) atoms. The van der Waals surface area contributed by atoms with E-state index in [1.807, 2.05) is 24.3 Å². The number of nitrogens with one attached hydrogen (secondary N) is 1. The van der Waals surface area contributed by atoms with Gasteiger partial charge >= 0.3 is 0 Å². The van der Waals surface area contributed by atoms with Crippen LogP contribution in [0.3, 0.4) is 0 Å². The predicted octanol–water partition coefficient (Wildman–Crippen LogP) is 3.66. The van der Waals surface area contributed by atoms with E-state index >= 15 is 0 Å². The third kappa shape index (κ3) is 5.46. The van der Waals surface area contributed by atoms with E-state index in [1.54, 1.807) is 29.2 Å². The van der Waals surface area contributed by atoms with E-state index in [1.165, 1.54) is 38.3 Å². The van der Waals surface area contributed by atoms with Gasteiger partial charge in [0.05, 0.1) is 17.7 Å². The molecule has 0 saturated carbocycles. The minimum atomic E-state index is -3.84. The molecule has 1 aliphatic heterocycles. The van der Waals surface area contributed by atoms with Gasteiger partial charge in [-0.2, -0.15) is 0 Å². The van der Waals surface area contributed by atoms with E-state index in [2.05, 4.69) is 9.62 Å². The number of hydrogen-bond donors (Lipinski definition) is 1. The zero-order chi connectivity index (χ0) is 25.0. The Kier molecular flexibility index (Phi) is 7.07. The molecular weight excluding hydrogens is 466 g/mol. The van der Waals surface area contributed by atoms with Gasteiger partial charge in [0.2, 0.25) is 0 Å². The van der Waals surface area contributed by atoms with Crippen molar-refractivity contribution in [2.24, 2.45) is 0 Å². The summed E-state index contributed by atoms with van der Waals surface area (Å²) in [7, 11) is -2.37. The van der Waals surface area contributed by atoms with Crippen molar-refractivity contribution in [2.75, 3.05) is 42.9 Å². The number of benzene rings is 3. The number of piperazine rings is 1. The summed E-state index contributed by atoms with van der Waals surface area (Å²) in [4.78, 5) is 28.4. The van der Waals surface area contributed by atoms with E-state index in [9.17, 15) is 18.0 Å². The number of amides is 1. The second-order valence-corrected chi connectivity index (χ2v) is 9.89. The number of Topliss-reactive ketones (excluding diaryl/α,β-unsaturated/α-hetero) is 1. The molecule has 0 spiro atoms. The number of ketones is 1. The van der Waals surface area contributed by atoms with Crippen molar-refractivity contribution in [3.8, 4) is 5.75 Å². The van der Waals surface area contributed by atoms with Crippen LogP contribution < -0.4 is 14.4 Å². The Morgan fingerprint density at radius 1 is 0.829 bits per heavy atom. The molecule has 182 valence electrons. The first-order chi connectivity index (χ1) is 16.8. The van der Waals surface area contributed by atoms with Crippen LogP contribution in [0.1, 0.15) is 27.6 Å². The van der Waals surface area contributed by atoms with Crippen molar-refractivity contribution < 1.29 is 22.7 Å². The van der Waals surface area contributed by atoms with Gasteiger partial charge in [-0.3, -0.25) is 14.3 Å². The zero-order valence-electron chi connectivity index (χ0n) is 19.6. The fourth-order valence-electron chi connectivity index (χ4n) is 3.97. The monoisotopic (exact) mass is 493 g/mol. The highest BCUT2D eigenvalue weighted by Crippen LogP contribution is 2.26. The molecular formula is C26H27N3O5S. The Bertz CT molecular complexity index is 1310. The molecule has 1 fully saturated rings. The Balaban J connectivity index is 1.39. The van der Waals surface area contributed by atoms with Crippen molar-refractivity contribution in [2.45, 2.75) is 11.8 Å². The largest absolute Gasteiger partial charge is 0.495 e. The van der Waals surface area contributed by atoms with Gasteiger partial charge in [0.1, 0.15) is 5.75 Å². The lowest BCUT2D eigenvalue weighted by Gasteiger charge is -2.36. The fraction of sp³-hybridized carbons (Fsp3) is 0.231. The van der Waals surface area contributed by atoms with Crippen LogP contribution in [0.2, 0.25) is 0 Å². The molecule has 4 rings (SSSR count). The molecule has 9 heteroatoms. The molecule has 0 bridgehead atoms. The Morgan fingerprint density at radius 3 is 2.03 bits per heavy atom. The maximum absolute atomic E-state index is 13.0. The second-order valence-electron chi connectivity index (χ2n) is 8.21. The van der Waals surface area contributed by atoms with Crippen LogP contribution in [-0.4, -0.2) is 58.3 Å². The van der Waals surface area contributed by atoms with Crippen LogP contribution >= 0.6 is 0 Å². The first-order valence-corrected chi connectivity index (χ1v) is 12.7. The normalized spacial score (nSPS) is 13.9. The van der Waals surface area contributed by atoms with Gasteiger partial charge in [0.15, 0.2) is 5.78 Å². The molecule has 0 unspecified atom stereocenters. The van der Waals surface area contributed by atoms with Crippen molar-refractivity contribution in [3.05, 3.63) is 83.9 Å². The SMILES string of the molecule is COc1ccccc1NS(=O)(=O)c1ccc(C(=O)N2CCN(c3ccc(C(C)=O)cc3)CC2)cc1. The molecule has 1 aliphatic rings. The molecule has 1 N–H and O–H groups in total. The van der Waals surface area contributed by atoms with E-state index in [-0.39, 0.29) is 16.6 Å². The average Bonchev–Trinajstić information content (AvgIpc) is 2.88. The summed E-state index contributed by atoms with van der Waals surface area (Å²) < 4.78 is 33.3. The molecule has 0 aliphatic carbocycles. The fourth-order valence-corrected chi connectivity index (χ4v) is 5.04. The smallest absolute Gasteiger partial charge is 0.262 e. The van der Waals surface area contributed by atoms with Crippen LogP contribution in [0.25, 0.3) is 0 Å². The molecule has 0 aromatic heterocycles. The van der Waals surface area contributed by atoms with Crippen LogP contribution in [0.4, 0.5) is 11.4 Å². The zero-order valence-corrected chi connectivity index (χ0v) is 20.4. The molecule has 3 aromatic carbocycles. The summed E-state index contributed by atoms with van der Waals surface area (Å²) in [6.45, 7) is 3.96. The number of ether oxygens (including phenoxy) is 1. The van der Waals surface area contributed by atoms with E-state index in [0.717, 1.165) is 5.69 Å². The van der Waals surface area contributed by atoms with E-state index in [0.29, 0.717) is 48.7 Å². The van der Waals surface area contributed by atoms with Crippen LogP contribution in [0, 0.1) is 0 Å². The van der Waals surface area contributed by atoms with Gasteiger partial charge in [-0.05, 0) is 67.6 Å². The van der Waals surface area contributed by atoms with Gasteiger partial charge in [-0.25, -0.2) is 8.42 Å². The molecule has 0 atom stereocenters. The Hall–Kier alpha value is -3.85. The summed E-state index contributed by atoms with van der Waals surface area (Å²) in [5.41, 5.74) is 2.45. The van der Waals surface area contributed by atoms with Crippen molar-refractivity contribution >= 4 is 33.1 Å². The van der Waals surface area contributed by atoms with Gasteiger partial charge in [-0.1, -0.05) is 12.1 Å². The van der Waals surface area contributed by atoms with Gasteiger partial charge < -0.3 is 14.5 Å². The lowest BCUT2D eigenvalue weighted by atomic mass is 10.1. The number of sulfonamides is 1. The lowest BCUT2D eigenvalue weighted by Crippen LogP contribution is -2.48. The van der Waals surface area contributed by atoms with Gasteiger partial charge in [0.25, 0.3) is 15.9 Å². The summed E-state index contributed by atoms with van der Waals surface area (Å²) in [5.74, 6) is 0.302. The number of rotatable bonds is 7. The third-order valence-corrected chi connectivity index (χ3v) is 7.35. The van der Waals surface area contributed by atoms with E-state index < -0.39 is 10.0 Å². The maximum Gasteiger partial charge on any atom is 0.262 e. The first kappa shape index (κ1) is 24.3. The van der Waals surface area contributed by atoms with E-state index in [4.69, 9.17) is 4.74 Å². The first-order valence-electron chi connectivity index (χ1n) is 11.2. The third-order valence-electron chi connectivity index (χ3n) is 5.97. The number of methoxy groups -OCH3 is 1. The summed E-state index contributed by atoms with van der Waals surface area (Å²) in [6.07, 6.45) is 0. The lowest BCUT2D eigenvalue weighted by molar-refractivity contribution is 0.0746. The number of hydrogen-bond acceptors (Lipinski definition) is 6. The van der Waals surface area contributed by atoms with Gasteiger partial charge in [0, 0.05) is 43.0 Å². The molecule has 1 amide bonds. The number of carbonyl (C=O) groups is 2. The highest BCUT2D eigenvalue weighted by atomic mass is 32.2. The number of carbonyl (C=O) groups excluding carboxylic acids is 2. The van der Waals surface area contributed by atoms with Crippen LogP contribution in [0.15, 0.2) is 77.7 Å². The number of nitrogens with zero attached hydrogens (tertiary/aromatic N) is 2. The molecule has 1 saturated heterocycles. The summed E-state index contributed by atoms with van der Waals surface area (Å²) in [6, 6.07) is 20.1. The Labute approximate surface area is 205 Å². The van der Waals surface area contributed by atoms with Crippen molar-refractivity contribution in [3.63, 3.8) is 0 Å². The highest BCUT2D eigenvalue weighted by molar-refractivity contribution is 7.92. The van der Waals surface area contributed by atoms with Gasteiger partial charge in [-0.15, -0.1) is 0 Å². The molecule has 1 heterocycles. The average molecular weight is 494 g/mol. The molecule has 3 aromatic rings. The minimum Gasteiger partial charge on any atom is -0.495 e. The predicted molar refractivity (Wildman–Crippen MR) is 135 cm³/mol. The highest BCUT2D eigenvalue weighted by Gasteiger charge is 2.23. The van der Waals surface area contributed by atoms with Crippen LogP contribution in [-0.2, 0) is 10.0 Å². The maximum atomic E-state index is 13.0. The van der Waals surface area contributed by atoms with Crippen molar-refractivity contribution in [1.29, 1.82) is 0 Å². The number of para-hydroxylation sites is 2. The quantitative estimate of drug-likeness (QED) is 0.505. The standard InChI is InChI=1S/C26H27N3O5S/c1-19(30)20-7-11-22(12-8-20)28-15-17-29(18-16-28)26(31)21-9-13-23(14-10-21)35(32,33)27-24-5-3-4-6-25(24)34-2/h3-14,27H,15-18H2,1-2H3. The number of anilines is 2. The van der Waals surface area contributed by atoms with Crippen LogP contribution in [0.5, 0.6) is 5.75 Å². The summed E-state index contributed by atoms with van der Waals surface area (Å²) in [5, 5.41) is 0. The summed E-state index contributed by atoms with van der Waals surface area (Å²) >= 11 is 0. The van der Waals surface area contributed by atoms with Crippen molar-refractivity contribution in [1.82, 2.24) is 4.90 Å². The topological polar surface area (TPSA) is 96.0 Å². The molecule has 0 radical (unpaired) electrons. The minimum absolute atomic E-state index is 0.0290.